The van der Waals surface area contributed by atoms with Gasteiger partial charge in [-0.15, -0.1) is 0 Å². The number of benzene rings is 4. The van der Waals surface area contributed by atoms with Crippen molar-refractivity contribution in [1.82, 2.24) is 79.0 Å². The number of nitrogens with one attached hydrogen (secondary N) is 2. The summed E-state index contributed by atoms with van der Waals surface area (Å²) in [5.41, 5.74) is 22.6. The molecule has 1 fully saturated rings. The number of methoxy groups -OCH3 is 1. The number of hydrogen-bond acceptors (Lipinski definition) is 20. The second-order valence-corrected chi connectivity index (χ2v) is 36.9. The summed E-state index contributed by atoms with van der Waals surface area (Å²) in [5.74, 6) is 0.00926. The van der Waals surface area contributed by atoms with Crippen LogP contribution in [-0.2, 0) is 74.6 Å². The topological polar surface area (TPSA) is 291 Å². The minimum Gasteiger partial charge on any atom is -0.445 e. The number of rotatable bonds is 28. The highest BCUT2D eigenvalue weighted by molar-refractivity contribution is 6.62. The van der Waals surface area contributed by atoms with Crippen LogP contribution in [-0.4, -0.2) is 175 Å². The van der Waals surface area contributed by atoms with Crippen molar-refractivity contribution >= 4 is 42.1 Å². The van der Waals surface area contributed by atoms with Gasteiger partial charge in [-0.05, 0) is 252 Å². The molecule has 0 saturated carbocycles. The number of fused-ring (bicyclic) bond motifs is 1. The maximum atomic E-state index is 11.4. The van der Waals surface area contributed by atoms with E-state index in [0.717, 1.165) is 142 Å². The van der Waals surface area contributed by atoms with E-state index in [1.54, 1.807) is 46.7 Å². The predicted molar refractivity (Wildman–Crippen MR) is 583 cm³/mol. The van der Waals surface area contributed by atoms with E-state index >= 15 is 0 Å². The van der Waals surface area contributed by atoms with Gasteiger partial charge in [0.25, 0.3) is 5.91 Å². The molecule has 2 amide bonds. The summed E-state index contributed by atoms with van der Waals surface area (Å²) in [7, 11) is 8.33. The number of ether oxygens (including phenoxy) is 2. The van der Waals surface area contributed by atoms with E-state index in [4.69, 9.17) is 23.8 Å². The molecule has 0 atom stereocenters. The standard InChI is InChI=1S/C24H30N.C20H23N5.C18H17N3.C16H24BNO4.C16H13N3.C8H13N3O4.C8H10.C6H7NO.C2H6/c1-5-6-9-18-25-22-11-8-7-10-21(22)24(3,4)23(25)17-16-20-14-12-19(2)13-15-20;1-24(14-18-8-2-5-11-21-18)17-25(15-19-9-3-6-12-22-19)16-20-10-4-7-13-23-20;1-14-10-17(12-15-6-2-4-8-19-15)21-18(11-14)13-16-7-3-5-9-20-16;1-15(2)16(3,4)22-17(21-15)13-9-7-12(8-10-13)11-20-14(19)18(5)6;1-12-10-15(13-6-2-4-8-17-13)19-16(11-12)14-7-3-5-9-18-14;1-15-5-3-2-4-11-7(13)9-6(12)10-8(11)14;1-7-3-5-8(2)6-4-7;1-5-3-4-6(8)7(5)2;1-2/h7-8,10-17H,5-6,9,18H2,1-4H3;2-13H,14-17H2,1H3;2-11H,12-13H2,1H3;7-10H,11H2,1-6H3;2-11H,1H3;2-5H2,1H3,(H2,9,10,12,13,14);3-6H,1-2H3;3-4H,1H2,2H3;1-2H3/q+1;;;;;;;;/b17-16+;;;;;;;;. The van der Waals surface area contributed by atoms with Crippen LogP contribution >= 0.6 is 0 Å². The molecule has 10 aromatic heterocycles. The molecule has 14 aromatic rings. The summed E-state index contributed by atoms with van der Waals surface area (Å²) in [6.45, 7) is 38.6. The number of aromatic amines is 2. The maximum Gasteiger partial charge on any atom is 0.494 e. The van der Waals surface area contributed by atoms with Crippen molar-refractivity contribution < 1.29 is 32.9 Å². The lowest BCUT2D eigenvalue weighted by atomic mass is 9.79. The Morgan fingerprint density at radius 1 is 0.490 bits per heavy atom. The van der Waals surface area contributed by atoms with E-state index in [1.807, 2.05) is 228 Å². The van der Waals surface area contributed by atoms with E-state index in [-0.39, 0.29) is 48.9 Å². The smallest absolute Gasteiger partial charge is 0.445 e. The van der Waals surface area contributed by atoms with Crippen LogP contribution in [0.25, 0.3) is 28.9 Å². The Kier molecular flexibility index (Phi) is 46.0. The van der Waals surface area contributed by atoms with Crippen molar-refractivity contribution in [3.63, 3.8) is 0 Å². The first-order valence-electron chi connectivity index (χ1n) is 49.3. The van der Waals surface area contributed by atoms with E-state index in [2.05, 4.69) is 239 Å². The third-order valence-electron chi connectivity index (χ3n) is 23.7. The second-order valence-electron chi connectivity index (χ2n) is 36.9. The van der Waals surface area contributed by atoms with Crippen LogP contribution in [0.1, 0.15) is 179 Å². The molecule has 3 aliphatic heterocycles. The Morgan fingerprint density at radius 3 is 1.37 bits per heavy atom. The van der Waals surface area contributed by atoms with Gasteiger partial charge >= 0.3 is 30.3 Å². The van der Waals surface area contributed by atoms with Crippen molar-refractivity contribution in [3.05, 3.63) is 438 Å². The Hall–Kier alpha value is -14.9. The number of likely N-dealkylation sites (N-methyl/N-ethyl adjacent to an activating group) is 1. The first kappa shape index (κ1) is 114. The molecular weight excluding hydrogens is 1810 g/mol. The van der Waals surface area contributed by atoms with Gasteiger partial charge < -0.3 is 28.6 Å². The Bertz CT molecular complexity index is 6330. The Labute approximate surface area is 856 Å². The highest BCUT2D eigenvalue weighted by atomic mass is 16.7. The average Bonchev–Trinajstić information content (AvgIpc) is 1.58. The molecule has 2 N–H and O–H groups in total. The first-order chi connectivity index (χ1) is 69.7. The van der Waals surface area contributed by atoms with Crippen LogP contribution < -0.4 is 22.5 Å². The molecule has 0 bridgehead atoms. The van der Waals surface area contributed by atoms with E-state index in [0.29, 0.717) is 13.0 Å². The van der Waals surface area contributed by atoms with Crippen molar-refractivity contribution in [2.24, 2.45) is 0 Å². The number of allylic oxidation sites excluding steroid dienone is 2. The zero-order chi connectivity index (χ0) is 105. The van der Waals surface area contributed by atoms with Gasteiger partial charge in [0, 0.05) is 176 Å². The van der Waals surface area contributed by atoms with E-state index in [9.17, 15) is 24.0 Å². The van der Waals surface area contributed by atoms with Crippen molar-refractivity contribution in [2.75, 3.05) is 55.1 Å². The lowest BCUT2D eigenvalue weighted by Crippen LogP contribution is -2.43. The zero-order valence-corrected chi connectivity index (χ0v) is 87.8. The number of carbonyl (C=O) groups is 2. The maximum absolute atomic E-state index is 11.4. The molecule has 4 aromatic carbocycles. The van der Waals surface area contributed by atoms with Gasteiger partial charge in [0.2, 0.25) is 5.69 Å². The first-order valence-corrected chi connectivity index (χ1v) is 49.3. The molecule has 3 aliphatic rings. The molecule has 27 heteroatoms. The fraction of sp³-hybridized carbons (Fsp3) is 0.314. The number of aryl methyl sites for hydroxylation is 5. The zero-order valence-electron chi connectivity index (χ0n) is 87.8. The molecule has 0 unspecified atom stereocenters. The van der Waals surface area contributed by atoms with Gasteiger partial charge in [0.15, 0.2) is 5.71 Å². The minimum absolute atomic E-state index is 0.00926. The molecule has 0 aliphatic carbocycles. The van der Waals surface area contributed by atoms with Gasteiger partial charge in [0.1, 0.15) is 13.2 Å². The fourth-order valence-corrected chi connectivity index (χ4v) is 15.2. The van der Waals surface area contributed by atoms with Crippen LogP contribution in [0.5, 0.6) is 0 Å². The SMILES string of the molecule is C=C1C=CC(=O)N1C.CC.CCCCC[N+]1=C(/C=C/c2ccc(C)cc2)C(C)(C)c2ccccc21.CN(C)C(=O)OCc1ccc(B2OC(C)(C)C(C)(C)O2)cc1.CN(Cc1ccccn1)CN(Cc1ccccn1)Cc1ccccn1.COCCCCn1c(=O)[nH]c(=O)[nH]c1=O.Cc1cc(-c2ccccn2)nc(-c2ccccn2)c1.Cc1cc(Cc2ccccn2)nc(Cc2ccccn2)c1.Cc1ccc(C)cc1. The Balaban J connectivity index is 0.000000188. The molecule has 26 nitrogen and oxygen atoms in total. The second kappa shape index (κ2) is 58.6. The summed E-state index contributed by atoms with van der Waals surface area (Å²) < 4.78 is 25.5. The normalized spacial score (nSPS) is 13.1. The number of carbonyl (C=O) groups excluding carboxylic acids is 2. The monoisotopic (exact) mass is 1950 g/mol. The van der Waals surface area contributed by atoms with Crippen molar-refractivity contribution in [1.29, 1.82) is 0 Å². The number of amides is 2. The predicted octanol–water partition coefficient (Wildman–Crippen LogP) is 20.8. The van der Waals surface area contributed by atoms with Crippen LogP contribution in [0.2, 0.25) is 0 Å². The van der Waals surface area contributed by atoms with Crippen LogP contribution in [0.15, 0.2) is 337 Å². The summed E-state index contributed by atoms with van der Waals surface area (Å²) in [6, 6.07) is 83.8. The Morgan fingerprint density at radius 2 is 0.938 bits per heavy atom. The highest BCUT2D eigenvalue weighted by Gasteiger charge is 2.52. The molecule has 1 saturated heterocycles. The molecule has 17 rings (SSSR count). The van der Waals surface area contributed by atoms with Gasteiger partial charge in [-0.1, -0.05) is 184 Å². The third-order valence-corrected chi connectivity index (χ3v) is 23.7. The van der Waals surface area contributed by atoms with Gasteiger partial charge in [-0.2, -0.15) is 4.58 Å². The summed E-state index contributed by atoms with van der Waals surface area (Å²) in [6.07, 6.45) is 26.8. The van der Waals surface area contributed by atoms with Crippen molar-refractivity contribution in [3.8, 4) is 22.8 Å². The largest absolute Gasteiger partial charge is 0.494 e. The molecule has 0 spiro atoms. The number of aromatic nitrogens is 12. The number of H-pyrrole nitrogens is 2. The lowest BCUT2D eigenvalue weighted by molar-refractivity contribution is -0.438. The fourth-order valence-electron chi connectivity index (χ4n) is 15.2. The number of unbranched alkanes of at least 4 members (excludes halogenated alkanes) is 3. The van der Waals surface area contributed by atoms with Gasteiger partial charge in [0.05, 0.1) is 63.1 Å². The minimum atomic E-state index is -0.779. The van der Waals surface area contributed by atoms with E-state index < -0.39 is 17.1 Å². The summed E-state index contributed by atoms with van der Waals surface area (Å²) in [5, 5.41) is 0. The highest BCUT2D eigenvalue weighted by Crippen LogP contribution is 2.41. The van der Waals surface area contributed by atoms with Crippen molar-refractivity contribution in [2.45, 2.75) is 191 Å². The molecular formula is C118H143BN17O9+. The summed E-state index contributed by atoms with van der Waals surface area (Å²) in [4.78, 5) is 107. The molecule has 0 radical (unpaired) electrons. The number of para-hydroxylation sites is 1. The van der Waals surface area contributed by atoms with Crippen LogP contribution in [0, 0.1) is 34.6 Å². The van der Waals surface area contributed by atoms with Crippen LogP contribution in [0.4, 0.5) is 10.5 Å². The third kappa shape index (κ3) is 37.8. The number of hydrogen-bond donors (Lipinski definition) is 2. The van der Waals surface area contributed by atoms with E-state index in [1.165, 1.54) is 79.9 Å². The molecule has 756 valence electrons. The van der Waals surface area contributed by atoms with Gasteiger partial charge in [-0.3, -0.25) is 64.4 Å². The van der Waals surface area contributed by atoms with Gasteiger partial charge in [-0.25, -0.2) is 28.7 Å². The quantitative estimate of drug-likeness (QED) is 0.0199. The van der Waals surface area contributed by atoms with Crippen LogP contribution in [0.3, 0.4) is 0 Å². The average molecular weight is 1950 g/mol. The molecule has 13 heterocycles. The molecule has 145 heavy (non-hydrogen) atoms. The number of nitrogens with zero attached hydrogens (tertiary/aromatic N) is 15. The lowest BCUT2D eigenvalue weighted by Gasteiger charge is -2.32. The summed E-state index contributed by atoms with van der Waals surface area (Å²) >= 11 is 0. The number of pyridine rings is 9.